The number of hydrogen-bond acceptors (Lipinski definition) is 4. The van der Waals surface area contributed by atoms with E-state index in [1.807, 2.05) is 11.4 Å². The number of thiophene rings is 1. The summed E-state index contributed by atoms with van der Waals surface area (Å²) in [5, 5.41) is 7.67. The second-order valence-corrected chi connectivity index (χ2v) is 7.95. The van der Waals surface area contributed by atoms with Crippen LogP contribution in [-0.2, 0) is 4.79 Å². The molecule has 1 fully saturated rings. The lowest BCUT2D eigenvalue weighted by atomic mass is 9.71. The van der Waals surface area contributed by atoms with Gasteiger partial charge >= 0.3 is 0 Å². The summed E-state index contributed by atoms with van der Waals surface area (Å²) in [4.78, 5) is 25.1. The lowest BCUT2D eigenvalue weighted by molar-refractivity contribution is -0.118. The number of anilines is 2. The molecule has 2 amide bonds. The van der Waals surface area contributed by atoms with Crippen molar-refractivity contribution in [2.24, 2.45) is 11.1 Å². The van der Waals surface area contributed by atoms with Crippen molar-refractivity contribution in [1.82, 2.24) is 0 Å². The molecule has 26 heavy (non-hydrogen) atoms. The van der Waals surface area contributed by atoms with Gasteiger partial charge in [0.15, 0.2) is 0 Å². The van der Waals surface area contributed by atoms with Gasteiger partial charge in [0.1, 0.15) is 0 Å². The zero-order valence-electron chi connectivity index (χ0n) is 14.8. The molecule has 1 aromatic heterocycles. The van der Waals surface area contributed by atoms with E-state index in [-0.39, 0.29) is 17.2 Å². The molecule has 1 aliphatic carbocycles. The van der Waals surface area contributed by atoms with Gasteiger partial charge in [0.25, 0.3) is 5.91 Å². The van der Waals surface area contributed by atoms with Gasteiger partial charge in [-0.25, -0.2) is 0 Å². The minimum atomic E-state index is -0.126. The summed E-state index contributed by atoms with van der Waals surface area (Å²) >= 11 is 1.40. The third-order valence-electron chi connectivity index (χ3n) is 5.05. The molecule has 5 nitrogen and oxygen atoms in total. The Hall–Kier alpha value is -2.18. The monoisotopic (exact) mass is 371 g/mol. The smallest absolute Gasteiger partial charge is 0.265 e. The highest BCUT2D eigenvalue weighted by atomic mass is 32.1. The highest BCUT2D eigenvalue weighted by molar-refractivity contribution is 7.12. The standard InChI is InChI=1S/C20H25N3O2S/c21-14-20(10-2-1-3-11-20)13-18(24)22-15-6-8-16(9-7-15)23-19(25)17-5-4-12-26-17/h4-9,12H,1-3,10-11,13-14,21H2,(H,22,24)(H,23,25). The Kier molecular flexibility index (Phi) is 6.06. The molecule has 0 bridgehead atoms. The Labute approximate surface area is 158 Å². The highest BCUT2D eigenvalue weighted by Gasteiger charge is 2.32. The first kappa shape index (κ1) is 18.6. The summed E-state index contributed by atoms with van der Waals surface area (Å²) in [5.41, 5.74) is 7.35. The predicted molar refractivity (Wildman–Crippen MR) is 107 cm³/mol. The normalized spacial score (nSPS) is 16.0. The van der Waals surface area contributed by atoms with Crippen LogP contribution in [-0.4, -0.2) is 18.4 Å². The molecular weight excluding hydrogens is 346 g/mol. The number of nitrogens with one attached hydrogen (secondary N) is 2. The van der Waals surface area contributed by atoms with Gasteiger partial charge in [-0.2, -0.15) is 0 Å². The first-order valence-electron chi connectivity index (χ1n) is 9.05. The Balaban J connectivity index is 1.55. The van der Waals surface area contributed by atoms with Crippen LogP contribution in [0.5, 0.6) is 0 Å². The summed E-state index contributed by atoms with van der Waals surface area (Å²) in [6.07, 6.45) is 6.09. The molecule has 0 radical (unpaired) electrons. The Morgan fingerprint density at radius 1 is 1.00 bits per heavy atom. The summed E-state index contributed by atoms with van der Waals surface area (Å²) < 4.78 is 0. The van der Waals surface area contributed by atoms with E-state index in [2.05, 4.69) is 10.6 Å². The first-order chi connectivity index (χ1) is 12.6. The van der Waals surface area contributed by atoms with E-state index in [9.17, 15) is 9.59 Å². The van der Waals surface area contributed by atoms with Crippen LogP contribution in [0.25, 0.3) is 0 Å². The zero-order chi connectivity index (χ0) is 18.4. The maximum Gasteiger partial charge on any atom is 0.265 e. The third-order valence-corrected chi connectivity index (χ3v) is 5.92. The van der Waals surface area contributed by atoms with Crippen LogP contribution in [0.15, 0.2) is 41.8 Å². The number of hydrogen-bond donors (Lipinski definition) is 3. The van der Waals surface area contributed by atoms with Crippen LogP contribution in [0.2, 0.25) is 0 Å². The Bertz CT molecular complexity index is 735. The zero-order valence-corrected chi connectivity index (χ0v) is 15.6. The molecule has 0 saturated heterocycles. The van der Waals surface area contributed by atoms with Gasteiger partial charge in [-0.15, -0.1) is 11.3 Å². The van der Waals surface area contributed by atoms with Crippen LogP contribution in [0.4, 0.5) is 11.4 Å². The lowest BCUT2D eigenvalue weighted by Gasteiger charge is -2.35. The molecule has 0 aliphatic heterocycles. The number of nitrogens with two attached hydrogens (primary N) is 1. The van der Waals surface area contributed by atoms with Crippen LogP contribution in [0, 0.1) is 5.41 Å². The molecule has 1 heterocycles. The minimum absolute atomic E-state index is 0.00715. The molecule has 6 heteroatoms. The second kappa shape index (κ2) is 8.47. The Morgan fingerprint density at radius 3 is 2.23 bits per heavy atom. The largest absolute Gasteiger partial charge is 0.330 e. The van der Waals surface area contributed by atoms with Gasteiger partial charge in [0, 0.05) is 17.8 Å². The fourth-order valence-electron chi connectivity index (χ4n) is 3.54. The van der Waals surface area contributed by atoms with Gasteiger partial charge in [0.2, 0.25) is 5.91 Å². The summed E-state index contributed by atoms with van der Waals surface area (Å²) in [7, 11) is 0. The molecule has 3 rings (SSSR count). The van der Waals surface area contributed by atoms with Gasteiger partial charge in [0.05, 0.1) is 4.88 Å². The molecule has 1 aromatic carbocycles. The number of rotatable bonds is 6. The second-order valence-electron chi connectivity index (χ2n) is 7.00. The van der Waals surface area contributed by atoms with Crippen LogP contribution in [0.1, 0.15) is 48.2 Å². The number of amides is 2. The SMILES string of the molecule is NCC1(CC(=O)Nc2ccc(NC(=O)c3cccs3)cc2)CCCCC1. The van der Waals surface area contributed by atoms with Crippen molar-refractivity contribution in [2.75, 3.05) is 17.2 Å². The van der Waals surface area contributed by atoms with Crippen molar-refractivity contribution in [2.45, 2.75) is 38.5 Å². The number of benzene rings is 1. The quantitative estimate of drug-likeness (QED) is 0.710. The fourth-order valence-corrected chi connectivity index (χ4v) is 4.16. The third kappa shape index (κ3) is 4.71. The predicted octanol–water partition coefficient (Wildman–Crippen LogP) is 4.24. The summed E-state index contributed by atoms with van der Waals surface area (Å²) in [6, 6.07) is 10.8. The van der Waals surface area contributed by atoms with E-state index in [0.717, 1.165) is 31.4 Å². The van der Waals surface area contributed by atoms with Crippen molar-refractivity contribution in [3.05, 3.63) is 46.7 Å². The van der Waals surface area contributed by atoms with E-state index >= 15 is 0 Å². The molecule has 0 spiro atoms. The topological polar surface area (TPSA) is 84.2 Å². The van der Waals surface area contributed by atoms with Crippen LogP contribution < -0.4 is 16.4 Å². The van der Waals surface area contributed by atoms with Crippen molar-refractivity contribution in [1.29, 1.82) is 0 Å². The minimum Gasteiger partial charge on any atom is -0.330 e. The molecular formula is C20H25N3O2S. The Morgan fingerprint density at radius 2 is 1.65 bits per heavy atom. The lowest BCUT2D eigenvalue weighted by Crippen LogP contribution is -2.36. The number of carbonyl (C=O) groups excluding carboxylic acids is 2. The molecule has 2 aromatic rings. The van der Waals surface area contributed by atoms with Gasteiger partial charge < -0.3 is 16.4 Å². The van der Waals surface area contributed by atoms with Gasteiger partial charge in [-0.3, -0.25) is 9.59 Å². The maximum absolute atomic E-state index is 12.4. The van der Waals surface area contributed by atoms with Crippen LogP contribution in [0.3, 0.4) is 0 Å². The molecule has 138 valence electrons. The highest BCUT2D eigenvalue weighted by Crippen LogP contribution is 2.38. The van der Waals surface area contributed by atoms with Gasteiger partial charge in [-0.1, -0.05) is 25.3 Å². The average Bonchev–Trinajstić information content (AvgIpc) is 3.19. The molecule has 1 saturated carbocycles. The maximum atomic E-state index is 12.4. The molecule has 0 atom stereocenters. The first-order valence-corrected chi connectivity index (χ1v) is 9.93. The average molecular weight is 372 g/mol. The van der Waals surface area contributed by atoms with Crippen molar-refractivity contribution >= 4 is 34.5 Å². The van der Waals surface area contributed by atoms with E-state index in [4.69, 9.17) is 5.73 Å². The van der Waals surface area contributed by atoms with Crippen molar-refractivity contribution in [3.63, 3.8) is 0 Å². The molecule has 4 N–H and O–H groups in total. The summed E-state index contributed by atoms with van der Waals surface area (Å²) in [6.45, 7) is 0.564. The van der Waals surface area contributed by atoms with E-state index < -0.39 is 0 Å². The van der Waals surface area contributed by atoms with E-state index in [0.29, 0.717) is 23.5 Å². The summed E-state index contributed by atoms with van der Waals surface area (Å²) in [5.74, 6) is -0.119. The van der Waals surface area contributed by atoms with Crippen molar-refractivity contribution < 1.29 is 9.59 Å². The molecule has 0 unspecified atom stereocenters. The van der Waals surface area contributed by atoms with Crippen LogP contribution >= 0.6 is 11.3 Å². The number of carbonyl (C=O) groups is 2. The van der Waals surface area contributed by atoms with E-state index in [1.165, 1.54) is 17.8 Å². The van der Waals surface area contributed by atoms with Crippen molar-refractivity contribution in [3.8, 4) is 0 Å². The fraction of sp³-hybridized carbons (Fsp3) is 0.400. The van der Waals surface area contributed by atoms with E-state index in [1.54, 1.807) is 30.3 Å². The van der Waals surface area contributed by atoms with Gasteiger partial charge in [-0.05, 0) is 60.5 Å². The molecule has 1 aliphatic rings.